The lowest BCUT2D eigenvalue weighted by Gasteiger charge is -2.07. The summed E-state index contributed by atoms with van der Waals surface area (Å²) in [5.41, 5.74) is 3.98. The van der Waals surface area contributed by atoms with Crippen LogP contribution >= 0.6 is 0 Å². The third-order valence-electron chi connectivity index (χ3n) is 3.16. The van der Waals surface area contributed by atoms with Crippen molar-refractivity contribution in [1.29, 1.82) is 0 Å². The lowest BCUT2D eigenvalue weighted by molar-refractivity contribution is 1.28. The highest BCUT2D eigenvalue weighted by atomic mass is 14.8. The molecule has 0 atom stereocenters. The van der Waals surface area contributed by atoms with E-state index in [1.165, 1.54) is 16.7 Å². The van der Waals surface area contributed by atoms with E-state index in [1.54, 1.807) is 6.33 Å². The van der Waals surface area contributed by atoms with Gasteiger partial charge in [0, 0.05) is 0 Å². The second kappa shape index (κ2) is 4.06. The van der Waals surface area contributed by atoms with Crippen LogP contribution in [0.5, 0.6) is 0 Å². The van der Waals surface area contributed by atoms with Gasteiger partial charge in [-0.25, -0.2) is 4.98 Å². The van der Waals surface area contributed by atoms with Gasteiger partial charge >= 0.3 is 0 Å². The van der Waals surface area contributed by atoms with Gasteiger partial charge in [0.25, 0.3) is 0 Å². The van der Waals surface area contributed by atoms with Gasteiger partial charge in [-0.2, -0.15) is 0 Å². The molecule has 0 fully saturated rings. The lowest BCUT2D eigenvalue weighted by Crippen LogP contribution is -2.23. The van der Waals surface area contributed by atoms with Gasteiger partial charge in [0.2, 0.25) is 0 Å². The minimum absolute atomic E-state index is 0.930. The largest absolute Gasteiger partial charge is 0.345 e. The summed E-state index contributed by atoms with van der Waals surface area (Å²) in [7, 11) is 0. The van der Waals surface area contributed by atoms with Crippen LogP contribution in [0.2, 0.25) is 0 Å². The maximum Gasteiger partial charge on any atom is 0.0931 e. The van der Waals surface area contributed by atoms with Gasteiger partial charge in [0.05, 0.1) is 17.0 Å². The van der Waals surface area contributed by atoms with E-state index < -0.39 is 0 Å². The summed E-state index contributed by atoms with van der Waals surface area (Å²) in [5, 5.41) is 2.14. The number of aryl methyl sites for hydroxylation is 1. The molecule has 1 aliphatic rings. The van der Waals surface area contributed by atoms with Crippen LogP contribution in [-0.4, -0.2) is 9.97 Å². The van der Waals surface area contributed by atoms with E-state index in [4.69, 9.17) is 0 Å². The van der Waals surface area contributed by atoms with Crippen molar-refractivity contribution in [3.8, 4) is 0 Å². The molecule has 3 rings (SSSR count). The number of imidazole rings is 1. The predicted octanol–water partition coefficient (Wildman–Crippen LogP) is 1.77. The van der Waals surface area contributed by atoms with Crippen molar-refractivity contribution in [2.75, 3.05) is 0 Å². The Morgan fingerprint density at radius 2 is 2.06 bits per heavy atom. The number of nitrogens with one attached hydrogen (secondary N) is 1. The molecule has 17 heavy (non-hydrogen) atoms. The number of benzene rings is 1. The fourth-order valence-electron chi connectivity index (χ4n) is 2.20. The van der Waals surface area contributed by atoms with E-state index in [0.717, 1.165) is 17.1 Å². The first kappa shape index (κ1) is 10.1. The molecule has 0 saturated heterocycles. The average Bonchev–Trinajstić information content (AvgIpc) is 2.70. The Bertz CT molecular complexity index is 690. The van der Waals surface area contributed by atoms with E-state index in [2.05, 4.69) is 59.4 Å². The summed E-state index contributed by atoms with van der Waals surface area (Å²) < 4.78 is 0. The first-order valence-electron chi connectivity index (χ1n) is 5.81. The zero-order valence-corrected chi connectivity index (χ0v) is 9.77. The molecule has 0 amide bonds. The zero-order chi connectivity index (χ0) is 11.7. The Hall–Kier alpha value is -2.09. The molecule has 0 unspecified atom stereocenters. The standard InChI is InChI=1S/C15H14N2/c1-11-4-2-3-5-13(11)12-6-8-14-15(9-7-12)17-10-16-14/h2-6,8-10H,7H2,1H3,(H,16,17). The van der Waals surface area contributed by atoms with Crippen LogP contribution in [-0.2, 0) is 0 Å². The number of aromatic nitrogens is 2. The van der Waals surface area contributed by atoms with E-state index >= 15 is 0 Å². The number of rotatable bonds is 1. The second-order valence-electron chi connectivity index (χ2n) is 4.28. The molecule has 0 radical (unpaired) electrons. The molecule has 1 N–H and O–H groups in total. The maximum atomic E-state index is 4.29. The van der Waals surface area contributed by atoms with Crippen molar-refractivity contribution in [2.24, 2.45) is 0 Å². The van der Waals surface area contributed by atoms with Gasteiger partial charge < -0.3 is 4.98 Å². The number of H-pyrrole nitrogens is 1. The third kappa shape index (κ3) is 1.82. The Balaban J connectivity index is 2.11. The van der Waals surface area contributed by atoms with Gasteiger partial charge in [-0.05, 0) is 36.1 Å². The topological polar surface area (TPSA) is 28.7 Å². The van der Waals surface area contributed by atoms with Crippen molar-refractivity contribution < 1.29 is 0 Å². The monoisotopic (exact) mass is 222 g/mol. The number of fused-ring (bicyclic) bond motifs is 1. The Morgan fingerprint density at radius 1 is 1.18 bits per heavy atom. The molecule has 1 aliphatic carbocycles. The number of hydrogen-bond acceptors (Lipinski definition) is 1. The molecule has 1 heterocycles. The molecule has 0 saturated carbocycles. The summed E-state index contributed by atoms with van der Waals surface area (Å²) in [6, 6.07) is 8.49. The highest BCUT2D eigenvalue weighted by Crippen LogP contribution is 2.22. The summed E-state index contributed by atoms with van der Waals surface area (Å²) in [4.78, 5) is 7.43. The van der Waals surface area contributed by atoms with Crippen molar-refractivity contribution in [2.45, 2.75) is 13.3 Å². The fraction of sp³-hybridized carbons (Fsp3) is 0.133. The SMILES string of the molecule is Cc1ccccc1C1=CC=c2[nH]cnc2=CC1. The molecular formula is C15H14N2. The van der Waals surface area contributed by atoms with Gasteiger partial charge in [-0.1, -0.05) is 36.4 Å². The van der Waals surface area contributed by atoms with Gasteiger partial charge in [0.15, 0.2) is 0 Å². The number of aromatic amines is 1. The van der Waals surface area contributed by atoms with E-state index in [-0.39, 0.29) is 0 Å². The van der Waals surface area contributed by atoms with Crippen LogP contribution in [0, 0.1) is 6.92 Å². The summed E-state index contributed by atoms with van der Waals surface area (Å²) >= 11 is 0. The van der Waals surface area contributed by atoms with Crippen LogP contribution in [0.1, 0.15) is 17.5 Å². The summed E-state index contributed by atoms with van der Waals surface area (Å²) in [6.07, 6.45) is 9.13. The number of allylic oxidation sites excluding steroid dienone is 2. The molecule has 0 aliphatic heterocycles. The summed E-state index contributed by atoms with van der Waals surface area (Å²) in [6.45, 7) is 2.15. The van der Waals surface area contributed by atoms with E-state index in [1.807, 2.05) is 0 Å². The zero-order valence-electron chi connectivity index (χ0n) is 9.77. The predicted molar refractivity (Wildman–Crippen MR) is 70.5 cm³/mol. The molecule has 2 aromatic rings. The van der Waals surface area contributed by atoms with Crippen LogP contribution in [0.15, 0.2) is 36.7 Å². The Kier molecular flexibility index (Phi) is 2.41. The quantitative estimate of drug-likeness (QED) is 0.782. The minimum Gasteiger partial charge on any atom is -0.345 e. The first-order valence-corrected chi connectivity index (χ1v) is 5.81. The smallest absolute Gasteiger partial charge is 0.0931 e. The molecule has 0 bridgehead atoms. The Morgan fingerprint density at radius 3 is 2.94 bits per heavy atom. The van der Waals surface area contributed by atoms with Gasteiger partial charge in [0.1, 0.15) is 0 Å². The number of hydrogen-bond donors (Lipinski definition) is 1. The van der Waals surface area contributed by atoms with Gasteiger partial charge in [-0.15, -0.1) is 0 Å². The summed E-state index contributed by atoms with van der Waals surface area (Å²) in [5.74, 6) is 0. The van der Waals surface area contributed by atoms with Crippen molar-refractivity contribution in [3.63, 3.8) is 0 Å². The molecule has 1 aromatic carbocycles. The molecule has 0 spiro atoms. The molecule has 2 nitrogen and oxygen atoms in total. The van der Waals surface area contributed by atoms with E-state index in [9.17, 15) is 0 Å². The number of nitrogens with zero attached hydrogens (tertiary/aromatic N) is 1. The van der Waals surface area contributed by atoms with Crippen LogP contribution in [0.3, 0.4) is 0 Å². The van der Waals surface area contributed by atoms with Crippen molar-refractivity contribution in [3.05, 3.63) is 58.5 Å². The highest BCUT2D eigenvalue weighted by molar-refractivity contribution is 5.76. The average molecular weight is 222 g/mol. The van der Waals surface area contributed by atoms with Crippen LogP contribution in [0.4, 0.5) is 0 Å². The second-order valence-corrected chi connectivity index (χ2v) is 4.28. The molecule has 2 heteroatoms. The third-order valence-corrected chi connectivity index (χ3v) is 3.16. The molecular weight excluding hydrogens is 208 g/mol. The fourth-order valence-corrected chi connectivity index (χ4v) is 2.20. The highest BCUT2D eigenvalue weighted by Gasteiger charge is 2.04. The Labute approximate surface area is 100 Å². The van der Waals surface area contributed by atoms with Crippen LogP contribution in [0.25, 0.3) is 17.7 Å². The van der Waals surface area contributed by atoms with Crippen molar-refractivity contribution in [1.82, 2.24) is 9.97 Å². The molecule has 1 aromatic heterocycles. The minimum atomic E-state index is 0.930. The van der Waals surface area contributed by atoms with Gasteiger partial charge in [-0.3, -0.25) is 0 Å². The maximum absolute atomic E-state index is 4.29. The molecule has 84 valence electrons. The normalized spacial score (nSPS) is 14.1. The van der Waals surface area contributed by atoms with Crippen LogP contribution < -0.4 is 10.7 Å². The lowest BCUT2D eigenvalue weighted by atomic mass is 9.98. The van der Waals surface area contributed by atoms with E-state index in [0.29, 0.717) is 0 Å². The first-order chi connectivity index (χ1) is 8.34. The van der Waals surface area contributed by atoms with Crippen molar-refractivity contribution >= 4 is 17.7 Å².